The van der Waals surface area contributed by atoms with Crippen LogP contribution < -0.4 is 10.5 Å². The molecule has 3 heteroatoms. The molecule has 0 fully saturated rings. The monoisotopic (exact) mass is 194 g/mol. The average molecular weight is 194 g/mol. The van der Waals surface area contributed by atoms with Crippen molar-refractivity contribution in [3.63, 3.8) is 0 Å². The van der Waals surface area contributed by atoms with Crippen LogP contribution in [0.5, 0.6) is 5.75 Å². The summed E-state index contributed by atoms with van der Waals surface area (Å²) in [4.78, 5) is 4.09. The number of nitrogens with zero attached hydrogens (tertiary/aromatic N) is 1. The fourth-order valence-electron chi connectivity index (χ4n) is 1.06. The van der Waals surface area contributed by atoms with Crippen LogP contribution in [0.2, 0.25) is 0 Å². The van der Waals surface area contributed by atoms with Gasteiger partial charge in [-0.3, -0.25) is 4.98 Å². The van der Waals surface area contributed by atoms with Crippen molar-refractivity contribution in [2.24, 2.45) is 5.73 Å². The highest BCUT2D eigenvalue weighted by Crippen LogP contribution is 2.11. The van der Waals surface area contributed by atoms with E-state index in [-0.39, 0.29) is 6.04 Å². The zero-order valence-electron chi connectivity index (χ0n) is 8.86. The van der Waals surface area contributed by atoms with Gasteiger partial charge in [0.1, 0.15) is 12.4 Å². The summed E-state index contributed by atoms with van der Waals surface area (Å²) in [6.45, 7) is 4.71. The first kappa shape index (κ1) is 11.0. The Morgan fingerprint density at radius 3 is 2.86 bits per heavy atom. The van der Waals surface area contributed by atoms with Crippen molar-refractivity contribution >= 4 is 0 Å². The summed E-state index contributed by atoms with van der Waals surface area (Å²) in [5, 5.41) is 0. The summed E-state index contributed by atoms with van der Waals surface area (Å²) < 4.78 is 5.51. The van der Waals surface area contributed by atoms with Gasteiger partial charge in [0, 0.05) is 12.2 Å². The number of rotatable bonds is 5. The molecular weight excluding hydrogens is 176 g/mol. The molecule has 0 saturated carbocycles. The molecule has 0 aliphatic rings. The lowest BCUT2D eigenvalue weighted by atomic mass is 10.2. The van der Waals surface area contributed by atoms with Crippen molar-refractivity contribution in [3.05, 3.63) is 24.0 Å². The molecule has 1 aromatic heterocycles. The SMILES string of the molecule is CCc1cncc(OC[C@H](N)CC)c1. The molecule has 1 aromatic rings. The third-order valence-electron chi connectivity index (χ3n) is 2.17. The summed E-state index contributed by atoms with van der Waals surface area (Å²) in [6, 6.07) is 2.12. The van der Waals surface area contributed by atoms with E-state index in [0.717, 1.165) is 18.6 Å². The molecule has 1 atom stereocenters. The Morgan fingerprint density at radius 1 is 1.43 bits per heavy atom. The van der Waals surface area contributed by atoms with Crippen LogP contribution in [0.4, 0.5) is 0 Å². The molecule has 0 saturated heterocycles. The van der Waals surface area contributed by atoms with E-state index in [1.54, 1.807) is 6.20 Å². The van der Waals surface area contributed by atoms with Gasteiger partial charge in [-0.1, -0.05) is 13.8 Å². The molecular formula is C11H18N2O. The molecule has 3 nitrogen and oxygen atoms in total. The topological polar surface area (TPSA) is 48.1 Å². The molecule has 1 heterocycles. The van der Waals surface area contributed by atoms with Crippen molar-refractivity contribution in [1.29, 1.82) is 0 Å². The molecule has 0 aliphatic heterocycles. The molecule has 1 rings (SSSR count). The molecule has 0 spiro atoms. The minimum absolute atomic E-state index is 0.111. The fraction of sp³-hybridized carbons (Fsp3) is 0.545. The predicted octanol–water partition coefficient (Wildman–Crippen LogP) is 1.76. The molecule has 0 aromatic carbocycles. The van der Waals surface area contributed by atoms with Crippen LogP contribution in [0.3, 0.4) is 0 Å². The maximum absolute atomic E-state index is 5.75. The van der Waals surface area contributed by atoms with E-state index in [2.05, 4.69) is 18.8 Å². The summed E-state index contributed by atoms with van der Waals surface area (Å²) in [5.74, 6) is 0.813. The molecule has 0 aliphatic carbocycles. The van der Waals surface area contributed by atoms with E-state index < -0.39 is 0 Å². The Kier molecular flexibility index (Phi) is 4.40. The lowest BCUT2D eigenvalue weighted by Crippen LogP contribution is -2.26. The van der Waals surface area contributed by atoms with Crippen LogP contribution in [0.1, 0.15) is 25.8 Å². The third kappa shape index (κ3) is 3.34. The van der Waals surface area contributed by atoms with Gasteiger partial charge in [0.25, 0.3) is 0 Å². The first-order valence-corrected chi connectivity index (χ1v) is 5.08. The normalized spacial score (nSPS) is 12.5. The second kappa shape index (κ2) is 5.60. The van der Waals surface area contributed by atoms with Gasteiger partial charge in [0.2, 0.25) is 0 Å². The Labute approximate surface area is 85.3 Å². The number of hydrogen-bond donors (Lipinski definition) is 1. The molecule has 2 N–H and O–H groups in total. The minimum Gasteiger partial charge on any atom is -0.490 e. The highest BCUT2D eigenvalue weighted by molar-refractivity contribution is 5.23. The maximum atomic E-state index is 5.75. The lowest BCUT2D eigenvalue weighted by Gasteiger charge is -2.11. The van der Waals surface area contributed by atoms with E-state index in [1.165, 1.54) is 5.56 Å². The zero-order chi connectivity index (χ0) is 10.4. The van der Waals surface area contributed by atoms with Crippen molar-refractivity contribution in [2.45, 2.75) is 32.7 Å². The van der Waals surface area contributed by atoms with Gasteiger partial charge >= 0.3 is 0 Å². The van der Waals surface area contributed by atoms with E-state index in [9.17, 15) is 0 Å². The van der Waals surface area contributed by atoms with Crippen molar-refractivity contribution in [2.75, 3.05) is 6.61 Å². The van der Waals surface area contributed by atoms with Gasteiger partial charge in [-0.2, -0.15) is 0 Å². The van der Waals surface area contributed by atoms with Gasteiger partial charge in [0.15, 0.2) is 0 Å². The highest BCUT2D eigenvalue weighted by atomic mass is 16.5. The fourth-order valence-corrected chi connectivity index (χ4v) is 1.06. The minimum atomic E-state index is 0.111. The zero-order valence-corrected chi connectivity index (χ0v) is 8.86. The van der Waals surface area contributed by atoms with Gasteiger partial charge in [-0.15, -0.1) is 0 Å². The first-order chi connectivity index (χ1) is 6.76. The number of nitrogens with two attached hydrogens (primary N) is 1. The molecule has 0 unspecified atom stereocenters. The van der Waals surface area contributed by atoms with Gasteiger partial charge in [-0.25, -0.2) is 0 Å². The number of aryl methyl sites for hydroxylation is 1. The summed E-state index contributed by atoms with van der Waals surface area (Å²) in [7, 11) is 0. The molecule has 14 heavy (non-hydrogen) atoms. The molecule has 0 radical (unpaired) electrons. The summed E-state index contributed by atoms with van der Waals surface area (Å²) >= 11 is 0. The Bertz CT molecular complexity index is 276. The lowest BCUT2D eigenvalue weighted by molar-refractivity contribution is 0.284. The van der Waals surface area contributed by atoms with E-state index >= 15 is 0 Å². The quantitative estimate of drug-likeness (QED) is 0.777. The summed E-state index contributed by atoms with van der Waals surface area (Å²) in [5.41, 5.74) is 6.93. The van der Waals surface area contributed by atoms with Crippen molar-refractivity contribution in [3.8, 4) is 5.75 Å². The maximum Gasteiger partial charge on any atom is 0.137 e. The average Bonchev–Trinajstić information content (AvgIpc) is 2.26. The second-order valence-corrected chi connectivity index (χ2v) is 3.36. The number of ether oxygens (including phenoxy) is 1. The molecule has 0 bridgehead atoms. The van der Waals surface area contributed by atoms with Crippen LogP contribution in [0, 0.1) is 0 Å². The van der Waals surface area contributed by atoms with E-state index in [1.807, 2.05) is 12.3 Å². The molecule has 0 amide bonds. The largest absolute Gasteiger partial charge is 0.490 e. The highest BCUT2D eigenvalue weighted by Gasteiger charge is 2.01. The van der Waals surface area contributed by atoms with Gasteiger partial charge < -0.3 is 10.5 Å². The smallest absolute Gasteiger partial charge is 0.137 e. The standard InChI is InChI=1S/C11H18N2O/c1-3-9-5-11(7-13-6-9)14-8-10(12)4-2/h5-7,10H,3-4,8,12H2,1-2H3/t10-/m1/s1. The Morgan fingerprint density at radius 2 is 2.21 bits per heavy atom. The first-order valence-electron chi connectivity index (χ1n) is 5.08. The number of aromatic nitrogens is 1. The number of pyridine rings is 1. The third-order valence-corrected chi connectivity index (χ3v) is 2.17. The van der Waals surface area contributed by atoms with E-state index in [0.29, 0.717) is 6.61 Å². The van der Waals surface area contributed by atoms with Crippen LogP contribution in [0.25, 0.3) is 0 Å². The number of hydrogen-bond acceptors (Lipinski definition) is 3. The van der Waals surface area contributed by atoms with Crippen LogP contribution in [-0.2, 0) is 6.42 Å². The van der Waals surface area contributed by atoms with Crippen molar-refractivity contribution in [1.82, 2.24) is 4.98 Å². The van der Waals surface area contributed by atoms with Crippen LogP contribution in [-0.4, -0.2) is 17.6 Å². The second-order valence-electron chi connectivity index (χ2n) is 3.36. The Balaban J connectivity index is 2.50. The molecule has 78 valence electrons. The predicted molar refractivity (Wildman–Crippen MR) is 57.4 cm³/mol. The Hall–Kier alpha value is -1.09. The van der Waals surface area contributed by atoms with Crippen LogP contribution in [0.15, 0.2) is 18.5 Å². The van der Waals surface area contributed by atoms with Gasteiger partial charge in [0.05, 0.1) is 6.20 Å². The van der Waals surface area contributed by atoms with Crippen LogP contribution >= 0.6 is 0 Å². The van der Waals surface area contributed by atoms with Crippen molar-refractivity contribution < 1.29 is 4.74 Å². The summed E-state index contributed by atoms with van der Waals surface area (Å²) in [6.07, 6.45) is 5.49. The van der Waals surface area contributed by atoms with E-state index in [4.69, 9.17) is 10.5 Å². The van der Waals surface area contributed by atoms with Gasteiger partial charge in [-0.05, 0) is 24.5 Å².